The number of carbonyl (C=O) groups is 1. The highest BCUT2D eigenvalue weighted by molar-refractivity contribution is 5.97. The summed E-state index contributed by atoms with van der Waals surface area (Å²) >= 11 is 0. The van der Waals surface area contributed by atoms with E-state index < -0.39 is 0 Å². The Morgan fingerprint density at radius 2 is 1.48 bits per heavy atom. The van der Waals surface area contributed by atoms with E-state index in [1.807, 2.05) is 53.4 Å². The van der Waals surface area contributed by atoms with Gasteiger partial charge < -0.3 is 9.32 Å². The van der Waals surface area contributed by atoms with Crippen LogP contribution in [-0.4, -0.2) is 28.9 Å². The van der Waals surface area contributed by atoms with Crippen LogP contribution in [0.25, 0.3) is 33.7 Å². The normalized spacial score (nSPS) is 14.3. The predicted octanol–water partition coefficient (Wildman–Crippen LogP) is 5.79. The van der Waals surface area contributed by atoms with Crippen molar-refractivity contribution < 1.29 is 9.21 Å². The highest BCUT2D eigenvalue weighted by Crippen LogP contribution is 2.28. The van der Waals surface area contributed by atoms with Crippen LogP contribution in [0.2, 0.25) is 0 Å². The van der Waals surface area contributed by atoms with E-state index in [9.17, 15) is 4.79 Å². The Hall–Kier alpha value is -3.40. The summed E-state index contributed by atoms with van der Waals surface area (Å²) in [5.74, 6) is 0.652. The van der Waals surface area contributed by atoms with Gasteiger partial charge in [-0.05, 0) is 60.7 Å². The molecule has 1 amide bonds. The van der Waals surface area contributed by atoms with E-state index >= 15 is 0 Å². The molecule has 3 aromatic carbocycles. The molecule has 1 aromatic heterocycles. The van der Waals surface area contributed by atoms with Gasteiger partial charge in [-0.2, -0.15) is 0 Å². The number of amides is 1. The number of likely N-dealkylation sites (tertiary alicyclic amines) is 1. The minimum atomic E-state index is 0.0803. The molecule has 2 heterocycles. The Morgan fingerprint density at radius 1 is 0.793 bits per heavy atom. The Morgan fingerprint density at radius 3 is 2.24 bits per heavy atom. The summed E-state index contributed by atoms with van der Waals surface area (Å²) in [5.41, 5.74) is 5.33. The molecule has 4 heteroatoms. The molecule has 0 N–H and O–H groups in total. The molecular weight excluding hydrogens is 360 g/mol. The molecule has 4 aromatic rings. The van der Waals surface area contributed by atoms with Crippen LogP contribution in [0.4, 0.5) is 0 Å². The van der Waals surface area contributed by atoms with Gasteiger partial charge in [0.25, 0.3) is 5.91 Å². The molecule has 1 fully saturated rings. The quantitative estimate of drug-likeness (QED) is 0.451. The van der Waals surface area contributed by atoms with Gasteiger partial charge in [-0.25, -0.2) is 4.98 Å². The maximum atomic E-state index is 12.8. The SMILES string of the molecule is O=C(c1ccc2nc(-c3ccc(-c4ccccc4)cc3)oc2c1)N1CCCCC1. The van der Waals surface area contributed by atoms with Gasteiger partial charge in [-0.15, -0.1) is 0 Å². The zero-order chi connectivity index (χ0) is 19.6. The molecule has 1 saturated heterocycles. The van der Waals surface area contributed by atoms with Crippen LogP contribution in [0.3, 0.4) is 0 Å². The average Bonchev–Trinajstić information content (AvgIpc) is 3.23. The first-order chi connectivity index (χ1) is 14.3. The fourth-order valence-corrected chi connectivity index (χ4v) is 3.90. The van der Waals surface area contributed by atoms with Gasteiger partial charge >= 0.3 is 0 Å². The lowest BCUT2D eigenvalue weighted by Gasteiger charge is -2.26. The lowest BCUT2D eigenvalue weighted by Crippen LogP contribution is -2.35. The molecule has 144 valence electrons. The first kappa shape index (κ1) is 17.7. The third-order valence-electron chi connectivity index (χ3n) is 5.52. The van der Waals surface area contributed by atoms with Crippen molar-refractivity contribution in [3.8, 4) is 22.6 Å². The third kappa shape index (κ3) is 3.54. The molecule has 0 unspecified atom stereocenters. The van der Waals surface area contributed by atoms with Gasteiger partial charge in [0.2, 0.25) is 5.89 Å². The second kappa shape index (κ2) is 7.55. The van der Waals surface area contributed by atoms with Gasteiger partial charge in [0.05, 0.1) is 0 Å². The highest BCUT2D eigenvalue weighted by Gasteiger charge is 2.19. The van der Waals surface area contributed by atoms with Gasteiger partial charge in [0.1, 0.15) is 5.52 Å². The summed E-state index contributed by atoms with van der Waals surface area (Å²) < 4.78 is 6.00. The summed E-state index contributed by atoms with van der Waals surface area (Å²) in [5, 5.41) is 0. The molecule has 1 aliphatic rings. The van der Waals surface area contributed by atoms with Crippen molar-refractivity contribution in [2.24, 2.45) is 0 Å². The Kier molecular flexibility index (Phi) is 4.60. The number of rotatable bonds is 3. The highest BCUT2D eigenvalue weighted by atomic mass is 16.3. The molecule has 5 rings (SSSR count). The van der Waals surface area contributed by atoms with Crippen molar-refractivity contribution in [3.05, 3.63) is 78.4 Å². The number of fused-ring (bicyclic) bond motifs is 1. The molecule has 0 radical (unpaired) electrons. The number of carbonyl (C=O) groups excluding carboxylic acids is 1. The number of oxazole rings is 1. The smallest absolute Gasteiger partial charge is 0.253 e. The Labute approximate surface area is 169 Å². The van der Waals surface area contributed by atoms with Crippen LogP contribution in [-0.2, 0) is 0 Å². The molecule has 0 aliphatic carbocycles. The number of benzene rings is 3. The average molecular weight is 382 g/mol. The third-order valence-corrected chi connectivity index (χ3v) is 5.52. The molecule has 0 atom stereocenters. The number of nitrogens with zero attached hydrogens (tertiary/aromatic N) is 2. The number of aromatic nitrogens is 1. The number of hydrogen-bond acceptors (Lipinski definition) is 3. The number of hydrogen-bond donors (Lipinski definition) is 0. The zero-order valence-corrected chi connectivity index (χ0v) is 16.2. The second-order valence-corrected chi connectivity index (χ2v) is 7.50. The summed E-state index contributed by atoms with van der Waals surface area (Å²) in [6.07, 6.45) is 3.37. The molecule has 0 spiro atoms. The van der Waals surface area contributed by atoms with Crippen molar-refractivity contribution in [1.82, 2.24) is 9.88 Å². The van der Waals surface area contributed by atoms with Crippen LogP contribution in [0.15, 0.2) is 77.2 Å². The topological polar surface area (TPSA) is 46.3 Å². The van der Waals surface area contributed by atoms with Crippen LogP contribution in [0, 0.1) is 0 Å². The van der Waals surface area contributed by atoms with E-state index in [4.69, 9.17) is 4.42 Å². The number of piperidine rings is 1. The fraction of sp³-hybridized carbons (Fsp3) is 0.200. The first-order valence-corrected chi connectivity index (χ1v) is 10.1. The lowest BCUT2D eigenvalue weighted by atomic mass is 10.0. The van der Waals surface area contributed by atoms with Crippen LogP contribution in [0.5, 0.6) is 0 Å². The van der Waals surface area contributed by atoms with Crippen molar-refractivity contribution in [2.45, 2.75) is 19.3 Å². The van der Waals surface area contributed by atoms with Gasteiger partial charge in [-0.3, -0.25) is 4.79 Å². The predicted molar refractivity (Wildman–Crippen MR) is 115 cm³/mol. The zero-order valence-electron chi connectivity index (χ0n) is 16.2. The van der Waals surface area contributed by atoms with E-state index in [1.165, 1.54) is 12.0 Å². The minimum absolute atomic E-state index is 0.0803. The van der Waals surface area contributed by atoms with Crippen molar-refractivity contribution in [1.29, 1.82) is 0 Å². The maximum Gasteiger partial charge on any atom is 0.253 e. The second-order valence-electron chi connectivity index (χ2n) is 7.50. The van der Waals surface area contributed by atoms with E-state index in [2.05, 4.69) is 29.2 Å². The summed E-state index contributed by atoms with van der Waals surface area (Å²) in [4.78, 5) is 19.3. The molecule has 1 aliphatic heterocycles. The minimum Gasteiger partial charge on any atom is -0.436 e. The summed E-state index contributed by atoms with van der Waals surface area (Å²) in [7, 11) is 0. The largest absolute Gasteiger partial charge is 0.436 e. The lowest BCUT2D eigenvalue weighted by molar-refractivity contribution is 0.0724. The monoisotopic (exact) mass is 382 g/mol. The van der Waals surface area contributed by atoms with Crippen LogP contribution < -0.4 is 0 Å². The molecule has 29 heavy (non-hydrogen) atoms. The fourth-order valence-electron chi connectivity index (χ4n) is 3.90. The molecule has 0 saturated carbocycles. The molecule has 0 bridgehead atoms. The van der Waals surface area contributed by atoms with E-state index in [-0.39, 0.29) is 5.91 Å². The van der Waals surface area contributed by atoms with Crippen molar-refractivity contribution in [3.63, 3.8) is 0 Å². The summed E-state index contributed by atoms with van der Waals surface area (Å²) in [6, 6.07) is 24.0. The van der Waals surface area contributed by atoms with Gasteiger partial charge in [-0.1, -0.05) is 42.5 Å². The maximum absolute atomic E-state index is 12.8. The van der Waals surface area contributed by atoms with E-state index in [1.54, 1.807) is 0 Å². The first-order valence-electron chi connectivity index (χ1n) is 10.1. The summed E-state index contributed by atoms with van der Waals surface area (Å²) in [6.45, 7) is 1.68. The van der Waals surface area contributed by atoms with Gasteiger partial charge in [0.15, 0.2) is 5.58 Å². The molecular formula is C25H22N2O2. The van der Waals surface area contributed by atoms with Crippen LogP contribution >= 0.6 is 0 Å². The van der Waals surface area contributed by atoms with Crippen LogP contribution in [0.1, 0.15) is 29.6 Å². The molecule has 4 nitrogen and oxygen atoms in total. The Balaban J connectivity index is 1.42. The van der Waals surface area contributed by atoms with E-state index in [0.717, 1.165) is 42.6 Å². The van der Waals surface area contributed by atoms with E-state index in [0.29, 0.717) is 17.0 Å². The Bertz CT molecular complexity index is 1140. The van der Waals surface area contributed by atoms with Gasteiger partial charge in [0, 0.05) is 24.2 Å². The standard InChI is InChI=1S/C25H22N2O2/c28-25(27-15-5-2-6-16-27)21-13-14-22-23(17-21)29-24(26-22)20-11-9-19(10-12-20)18-7-3-1-4-8-18/h1,3-4,7-14,17H,2,5-6,15-16H2. The van der Waals surface area contributed by atoms with Crippen molar-refractivity contribution >= 4 is 17.0 Å². The van der Waals surface area contributed by atoms with Crippen molar-refractivity contribution in [2.75, 3.05) is 13.1 Å².